The second-order valence-electron chi connectivity index (χ2n) is 6.33. The maximum Gasteiger partial charge on any atom is 0.326 e. The Hall–Kier alpha value is -2.51. The van der Waals surface area contributed by atoms with Gasteiger partial charge in [0.25, 0.3) is 5.91 Å². The molecule has 8 heteroatoms. The smallest absolute Gasteiger partial charge is 0.326 e. The lowest BCUT2D eigenvalue weighted by Gasteiger charge is -2.24. The lowest BCUT2D eigenvalue weighted by molar-refractivity contribution is -0.142. The number of carbonyl (C=O) groups excluding carboxylic acids is 2. The van der Waals surface area contributed by atoms with Gasteiger partial charge in [0.05, 0.1) is 0 Å². The van der Waals surface area contributed by atoms with E-state index in [9.17, 15) is 28.3 Å². The van der Waals surface area contributed by atoms with E-state index in [0.717, 1.165) is 24.6 Å². The van der Waals surface area contributed by atoms with Crippen molar-refractivity contribution in [3.63, 3.8) is 0 Å². The van der Waals surface area contributed by atoms with Crippen molar-refractivity contribution in [3.05, 3.63) is 35.4 Å². The number of rotatable bonds is 9. The van der Waals surface area contributed by atoms with Crippen LogP contribution in [0, 0.1) is 17.6 Å². The summed E-state index contributed by atoms with van der Waals surface area (Å²) in [7, 11) is 0. The highest BCUT2D eigenvalue weighted by molar-refractivity contribution is 5.98. The fourth-order valence-corrected chi connectivity index (χ4v) is 2.39. The molecule has 2 atom stereocenters. The molecule has 0 aromatic heterocycles. The molecular weight excluding hydrogens is 346 g/mol. The summed E-state index contributed by atoms with van der Waals surface area (Å²) in [6.45, 7) is 5.15. The third-order valence-electron chi connectivity index (χ3n) is 3.89. The van der Waals surface area contributed by atoms with E-state index in [4.69, 9.17) is 0 Å². The molecule has 2 amide bonds. The summed E-state index contributed by atoms with van der Waals surface area (Å²) in [5.74, 6) is -5.48. The number of hydrogen-bond acceptors (Lipinski definition) is 3. The van der Waals surface area contributed by atoms with Gasteiger partial charge in [0.2, 0.25) is 5.91 Å². The molecule has 3 N–H and O–H groups in total. The zero-order valence-corrected chi connectivity index (χ0v) is 15.0. The van der Waals surface area contributed by atoms with Crippen molar-refractivity contribution in [2.45, 2.75) is 52.1 Å². The summed E-state index contributed by atoms with van der Waals surface area (Å²) in [4.78, 5) is 35.9. The monoisotopic (exact) mass is 370 g/mol. The standard InChI is InChI=1S/C18H24F2N2O4/c1-4-5-9-13(18(25)26)21-17(24)15(10(2)3)22-16(23)14-11(19)7-6-8-12(14)20/h6-8,10,13,15H,4-5,9H2,1-3H3,(H,21,24)(H,22,23)(H,25,26)/t13-,15?/m0/s1. The van der Waals surface area contributed by atoms with E-state index in [1.165, 1.54) is 0 Å². The predicted octanol–water partition coefficient (Wildman–Crippen LogP) is 2.48. The Morgan fingerprint density at radius 2 is 1.69 bits per heavy atom. The first-order valence-corrected chi connectivity index (χ1v) is 8.47. The number of unbranched alkanes of at least 4 members (excludes halogenated alkanes) is 1. The van der Waals surface area contributed by atoms with Crippen LogP contribution in [0.1, 0.15) is 50.4 Å². The molecule has 0 saturated heterocycles. The number of carboxylic acids is 1. The fraction of sp³-hybridized carbons (Fsp3) is 0.500. The number of carboxylic acid groups (broad SMARTS) is 1. The van der Waals surface area contributed by atoms with Gasteiger partial charge in [0.15, 0.2) is 0 Å². The van der Waals surface area contributed by atoms with Crippen LogP contribution in [0.5, 0.6) is 0 Å². The Labute approximate surface area is 151 Å². The maximum absolute atomic E-state index is 13.7. The van der Waals surface area contributed by atoms with E-state index in [1.807, 2.05) is 6.92 Å². The average molecular weight is 370 g/mol. The summed E-state index contributed by atoms with van der Waals surface area (Å²) < 4.78 is 27.5. The fourth-order valence-electron chi connectivity index (χ4n) is 2.39. The number of carbonyl (C=O) groups is 3. The van der Waals surface area contributed by atoms with E-state index in [1.54, 1.807) is 13.8 Å². The van der Waals surface area contributed by atoms with Gasteiger partial charge in [-0.3, -0.25) is 9.59 Å². The molecule has 0 fully saturated rings. The van der Waals surface area contributed by atoms with Crippen LogP contribution in [-0.4, -0.2) is 35.0 Å². The van der Waals surface area contributed by atoms with Crippen LogP contribution in [0.15, 0.2) is 18.2 Å². The highest BCUT2D eigenvalue weighted by atomic mass is 19.1. The first kappa shape index (κ1) is 21.5. The Morgan fingerprint density at radius 3 is 2.15 bits per heavy atom. The third-order valence-corrected chi connectivity index (χ3v) is 3.89. The minimum atomic E-state index is -1.18. The highest BCUT2D eigenvalue weighted by Gasteiger charge is 2.30. The van der Waals surface area contributed by atoms with Crippen molar-refractivity contribution in [3.8, 4) is 0 Å². The lowest BCUT2D eigenvalue weighted by atomic mass is 10.0. The van der Waals surface area contributed by atoms with Gasteiger partial charge >= 0.3 is 5.97 Å². The molecule has 0 aliphatic heterocycles. The Morgan fingerprint density at radius 1 is 1.12 bits per heavy atom. The van der Waals surface area contributed by atoms with Gasteiger partial charge < -0.3 is 15.7 Å². The van der Waals surface area contributed by atoms with Crippen LogP contribution < -0.4 is 10.6 Å². The van der Waals surface area contributed by atoms with Crippen molar-refractivity contribution in [1.29, 1.82) is 0 Å². The van der Waals surface area contributed by atoms with Crippen LogP contribution in [-0.2, 0) is 9.59 Å². The first-order valence-electron chi connectivity index (χ1n) is 8.47. The van der Waals surface area contributed by atoms with E-state index in [-0.39, 0.29) is 6.42 Å². The summed E-state index contributed by atoms with van der Waals surface area (Å²) >= 11 is 0. The van der Waals surface area contributed by atoms with Gasteiger partial charge in [-0.25, -0.2) is 13.6 Å². The first-order chi connectivity index (χ1) is 12.2. The Kier molecular flexibility index (Phi) is 8.15. The van der Waals surface area contributed by atoms with Crippen molar-refractivity contribution >= 4 is 17.8 Å². The number of hydrogen-bond donors (Lipinski definition) is 3. The normalized spacial score (nSPS) is 13.2. The molecule has 0 saturated carbocycles. The molecule has 0 aliphatic carbocycles. The van der Waals surface area contributed by atoms with Gasteiger partial charge in [-0.15, -0.1) is 0 Å². The van der Waals surface area contributed by atoms with Crippen molar-refractivity contribution < 1.29 is 28.3 Å². The molecule has 1 aromatic carbocycles. The second-order valence-corrected chi connectivity index (χ2v) is 6.33. The van der Waals surface area contributed by atoms with Crippen molar-refractivity contribution in [2.75, 3.05) is 0 Å². The minimum Gasteiger partial charge on any atom is -0.480 e. The molecule has 26 heavy (non-hydrogen) atoms. The molecular formula is C18H24F2N2O4. The van der Waals surface area contributed by atoms with Gasteiger partial charge in [0, 0.05) is 0 Å². The molecule has 0 heterocycles. The van der Waals surface area contributed by atoms with Crippen LogP contribution in [0.25, 0.3) is 0 Å². The molecule has 144 valence electrons. The number of halogens is 2. The molecule has 0 bridgehead atoms. The van der Waals surface area contributed by atoms with E-state index in [0.29, 0.717) is 6.42 Å². The lowest BCUT2D eigenvalue weighted by Crippen LogP contribution is -2.53. The van der Waals surface area contributed by atoms with Crippen LogP contribution in [0.4, 0.5) is 8.78 Å². The molecule has 0 aliphatic rings. The topological polar surface area (TPSA) is 95.5 Å². The largest absolute Gasteiger partial charge is 0.480 e. The average Bonchev–Trinajstić information content (AvgIpc) is 2.55. The zero-order valence-electron chi connectivity index (χ0n) is 15.0. The Balaban J connectivity index is 2.92. The molecule has 0 radical (unpaired) electrons. The number of nitrogens with one attached hydrogen (secondary N) is 2. The molecule has 6 nitrogen and oxygen atoms in total. The van der Waals surface area contributed by atoms with E-state index < -0.39 is 53.0 Å². The van der Waals surface area contributed by atoms with Gasteiger partial charge in [0.1, 0.15) is 29.3 Å². The van der Waals surface area contributed by atoms with Gasteiger partial charge in [-0.05, 0) is 24.5 Å². The maximum atomic E-state index is 13.7. The summed E-state index contributed by atoms with van der Waals surface area (Å²) in [5, 5.41) is 13.9. The molecule has 1 rings (SSSR count). The minimum absolute atomic E-state index is 0.248. The van der Waals surface area contributed by atoms with Crippen LogP contribution in [0.3, 0.4) is 0 Å². The van der Waals surface area contributed by atoms with Gasteiger partial charge in [-0.2, -0.15) is 0 Å². The summed E-state index contributed by atoms with van der Waals surface area (Å²) in [6, 6.07) is 0.774. The Bertz CT molecular complexity index is 644. The summed E-state index contributed by atoms with van der Waals surface area (Å²) in [5.41, 5.74) is -0.785. The second kappa shape index (κ2) is 9.84. The van der Waals surface area contributed by atoms with E-state index >= 15 is 0 Å². The van der Waals surface area contributed by atoms with Crippen molar-refractivity contribution in [2.24, 2.45) is 5.92 Å². The third kappa shape index (κ3) is 5.79. The number of amides is 2. The van der Waals surface area contributed by atoms with Crippen LogP contribution >= 0.6 is 0 Å². The predicted molar refractivity (Wildman–Crippen MR) is 91.5 cm³/mol. The van der Waals surface area contributed by atoms with Crippen molar-refractivity contribution in [1.82, 2.24) is 10.6 Å². The molecule has 1 unspecified atom stereocenters. The molecule has 0 spiro atoms. The molecule has 1 aromatic rings. The van der Waals surface area contributed by atoms with Crippen LogP contribution in [0.2, 0.25) is 0 Å². The summed E-state index contributed by atoms with van der Waals surface area (Å²) in [6.07, 6.45) is 1.62. The quantitative estimate of drug-likeness (QED) is 0.622. The SMILES string of the molecule is CCCC[C@H](NC(=O)C(NC(=O)c1c(F)cccc1F)C(C)C)C(=O)O. The number of aliphatic carboxylic acids is 1. The number of benzene rings is 1. The van der Waals surface area contributed by atoms with E-state index in [2.05, 4.69) is 10.6 Å². The zero-order chi connectivity index (χ0) is 19.9. The van der Waals surface area contributed by atoms with Gasteiger partial charge in [-0.1, -0.05) is 39.7 Å². The highest BCUT2D eigenvalue weighted by Crippen LogP contribution is 2.13.